The third kappa shape index (κ3) is 2.87. The number of nitrogens with zero attached hydrogens (tertiary/aromatic N) is 2. The lowest BCUT2D eigenvalue weighted by Gasteiger charge is -2.36. The van der Waals surface area contributed by atoms with Crippen molar-refractivity contribution in [2.24, 2.45) is 5.41 Å². The topological polar surface area (TPSA) is 81.4 Å². The summed E-state index contributed by atoms with van der Waals surface area (Å²) < 4.78 is 28.4. The maximum absolute atomic E-state index is 13.4. The molecule has 5 nitrogen and oxygen atoms in total. The number of hydrogen-bond acceptors (Lipinski definition) is 4. The van der Waals surface area contributed by atoms with Crippen LogP contribution in [-0.4, -0.2) is 36.5 Å². The summed E-state index contributed by atoms with van der Waals surface area (Å²) in [6.45, 7) is -0.0466. The van der Waals surface area contributed by atoms with Gasteiger partial charge in [-0.3, -0.25) is 0 Å². The van der Waals surface area contributed by atoms with Crippen LogP contribution in [-0.2, 0) is 16.4 Å². The minimum atomic E-state index is -3.79. The van der Waals surface area contributed by atoms with Gasteiger partial charge in [0.1, 0.15) is 6.07 Å². The number of fused-ring (bicyclic) bond motifs is 2. The van der Waals surface area contributed by atoms with E-state index in [1.165, 1.54) is 12.1 Å². The molecule has 2 saturated heterocycles. The summed E-state index contributed by atoms with van der Waals surface area (Å²) in [5, 5.41) is 19.6. The lowest BCUT2D eigenvalue weighted by Crippen LogP contribution is -2.44. The van der Waals surface area contributed by atoms with Gasteiger partial charge in [0.25, 0.3) is 0 Å². The lowest BCUT2D eigenvalue weighted by molar-refractivity contribution is 0.0889. The molecule has 0 amide bonds. The Kier molecular flexibility index (Phi) is 4.55. The number of aliphatic hydroxyl groups excluding tert-OH is 1. The summed E-state index contributed by atoms with van der Waals surface area (Å²) in [7, 11) is -3.79. The summed E-state index contributed by atoms with van der Waals surface area (Å²) >= 11 is 0. The van der Waals surface area contributed by atoms with Gasteiger partial charge in [-0.05, 0) is 43.4 Å². The van der Waals surface area contributed by atoms with E-state index in [9.17, 15) is 18.8 Å². The molecule has 2 aliphatic rings. The van der Waals surface area contributed by atoms with Crippen molar-refractivity contribution in [1.29, 1.82) is 5.26 Å². The highest BCUT2D eigenvalue weighted by Gasteiger charge is 2.59. The number of sulfonamides is 1. The molecule has 0 saturated carbocycles. The van der Waals surface area contributed by atoms with Gasteiger partial charge >= 0.3 is 0 Å². The predicted molar refractivity (Wildman–Crippen MR) is 101 cm³/mol. The van der Waals surface area contributed by atoms with Crippen molar-refractivity contribution in [2.45, 2.75) is 42.7 Å². The van der Waals surface area contributed by atoms with Gasteiger partial charge < -0.3 is 5.11 Å². The zero-order valence-electron chi connectivity index (χ0n) is 15.0. The van der Waals surface area contributed by atoms with Gasteiger partial charge in [-0.1, -0.05) is 42.5 Å². The number of hydrogen-bond donors (Lipinski definition) is 1. The smallest absolute Gasteiger partial charge is 0.244 e. The van der Waals surface area contributed by atoms with Gasteiger partial charge in [-0.25, -0.2) is 8.42 Å². The van der Waals surface area contributed by atoms with Crippen molar-refractivity contribution >= 4 is 10.0 Å². The highest BCUT2D eigenvalue weighted by atomic mass is 32.2. The molecule has 0 unspecified atom stereocenters. The zero-order valence-corrected chi connectivity index (χ0v) is 15.8. The van der Waals surface area contributed by atoms with Crippen LogP contribution >= 0.6 is 0 Å². The van der Waals surface area contributed by atoms with E-state index in [0.717, 1.165) is 18.4 Å². The highest BCUT2D eigenvalue weighted by molar-refractivity contribution is 7.89. The molecular formula is C21H22N2O3S. The number of rotatable bonds is 5. The minimum Gasteiger partial charge on any atom is -0.396 e. The van der Waals surface area contributed by atoms with Crippen molar-refractivity contribution in [2.75, 3.05) is 6.61 Å². The van der Waals surface area contributed by atoms with E-state index in [0.29, 0.717) is 12.8 Å². The molecule has 0 radical (unpaired) electrons. The average Bonchev–Trinajstić information content (AvgIpc) is 3.26. The van der Waals surface area contributed by atoms with E-state index < -0.39 is 15.4 Å². The van der Waals surface area contributed by atoms with Gasteiger partial charge in [0.05, 0.1) is 17.1 Å². The van der Waals surface area contributed by atoms with Gasteiger partial charge in [-0.2, -0.15) is 9.57 Å². The van der Waals surface area contributed by atoms with Crippen molar-refractivity contribution in [3.05, 3.63) is 65.7 Å². The van der Waals surface area contributed by atoms with Crippen LogP contribution in [0.3, 0.4) is 0 Å². The molecule has 3 atom stereocenters. The Morgan fingerprint density at radius 1 is 1.11 bits per heavy atom. The molecule has 4 rings (SSSR count). The largest absolute Gasteiger partial charge is 0.396 e. The van der Waals surface area contributed by atoms with Crippen LogP contribution in [0.4, 0.5) is 0 Å². The Morgan fingerprint density at radius 2 is 1.81 bits per heavy atom. The molecule has 6 heteroatoms. The Balaban J connectivity index is 1.72. The summed E-state index contributed by atoms with van der Waals surface area (Å²) in [5.41, 5.74) is 0.800. The predicted octanol–water partition coefficient (Wildman–Crippen LogP) is 2.71. The van der Waals surface area contributed by atoms with Crippen molar-refractivity contribution < 1.29 is 13.5 Å². The molecule has 0 spiro atoms. The fourth-order valence-electron chi connectivity index (χ4n) is 4.91. The van der Waals surface area contributed by atoms with Gasteiger partial charge in [0, 0.05) is 17.5 Å². The van der Waals surface area contributed by atoms with E-state index in [2.05, 4.69) is 0 Å². The van der Waals surface area contributed by atoms with E-state index in [1.807, 2.05) is 36.4 Å². The monoisotopic (exact) mass is 382 g/mol. The highest BCUT2D eigenvalue weighted by Crippen LogP contribution is 2.53. The summed E-state index contributed by atoms with van der Waals surface area (Å²) in [6.07, 6.45) is 2.84. The molecule has 0 aliphatic carbocycles. The molecule has 2 fully saturated rings. The maximum Gasteiger partial charge on any atom is 0.244 e. The molecular weight excluding hydrogens is 360 g/mol. The SMILES string of the molecule is N#Cc1ccccc1S(=O)(=O)N1[C@H]2CC[C@@H]1[C@@](CO)(Cc1ccccc1)C2. The third-order valence-electron chi connectivity index (χ3n) is 6.07. The first-order chi connectivity index (χ1) is 13.0. The fraction of sp³-hybridized carbons (Fsp3) is 0.381. The molecule has 2 bridgehead atoms. The van der Waals surface area contributed by atoms with Crippen LogP contribution in [0, 0.1) is 16.7 Å². The number of nitriles is 1. The summed E-state index contributed by atoms with van der Waals surface area (Å²) in [6, 6.07) is 17.9. The lowest BCUT2D eigenvalue weighted by atomic mass is 9.70. The molecule has 2 heterocycles. The Bertz CT molecular complexity index is 984. The standard InChI is InChI=1S/C21H22N2O3S/c22-14-17-8-4-5-9-19(17)27(25,26)23-18-10-11-20(23)21(13-18,15-24)12-16-6-2-1-3-7-16/h1-9,18,20,24H,10-13,15H2/t18-,20+,21-/m0/s1. The first-order valence-corrected chi connectivity index (χ1v) is 10.6. The van der Waals surface area contributed by atoms with Crippen LogP contribution in [0.15, 0.2) is 59.5 Å². The van der Waals surface area contributed by atoms with Crippen molar-refractivity contribution in [1.82, 2.24) is 4.31 Å². The van der Waals surface area contributed by atoms with Crippen LogP contribution in [0.25, 0.3) is 0 Å². The second-order valence-electron chi connectivity index (χ2n) is 7.58. The summed E-state index contributed by atoms with van der Waals surface area (Å²) in [4.78, 5) is 0.0675. The second kappa shape index (κ2) is 6.75. The molecule has 140 valence electrons. The number of aliphatic hydroxyl groups is 1. The minimum absolute atomic E-state index is 0.0466. The fourth-order valence-corrected chi connectivity index (χ4v) is 7.02. The van der Waals surface area contributed by atoms with E-state index in [1.54, 1.807) is 16.4 Å². The Labute approximate surface area is 159 Å². The second-order valence-corrected chi connectivity index (χ2v) is 9.39. The molecule has 0 aromatic heterocycles. The first-order valence-electron chi connectivity index (χ1n) is 9.19. The number of benzene rings is 2. The van der Waals surface area contributed by atoms with Gasteiger partial charge in [-0.15, -0.1) is 0 Å². The summed E-state index contributed by atoms with van der Waals surface area (Å²) in [5.74, 6) is 0. The first kappa shape index (κ1) is 18.2. The van der Waals surface area contributed by atoms with Crippen LogP contribution in [0.1, 0.15) is 30.4 Å². The van der Waals surface area contributed by atoms with Crippen LogP contribution < -0.4 is 0 Å². The van der Waals surface area contributed by atoms with Gasteiger partial charge in [0.15, 0.2) is 0 Å². The van der Waals surface area contributed by atoms with Crippen LogP contribution in [0.5, 0.6) is 0 Å². The average molecular weight is 382 g/mol. The van der Waals surface area contributed by atoms with E-state index in [-0.39, 0.29) is 29.1 Å². The third-order valence-corrected chi connectivity index (χ3v) is 8.09. The van der Waals surface area contributed by atoms with Crippen molar-refractivity contribution in [3.8, 4) is 6.07 Å². The van der Waals surface area contributed by atoms with Crippen molar-refractivity contribution in [3.63, 3.8) is 0 Å². The molecule has 2 aliphatic heterocycles. The molecule has 1 N–H and O–H groups in total. The normalized spacial score (nSPS) is 27.6. The molecule has 2 aromatic carbocycles. The van der Waals surface area contributed by atoms with Gasteiger partial charge in [0.2, 0.25) is 10.0 Å². The van der Waals surface area contributed by atoms with E-state index >= 15 is 0 Å². The molecule has 2 aromatic rings. The van der Waals surface area contributed by atoms with Crippen LogP contribution in [0.2, 0.25) is 0 Å². The Morgan fingerprint density at radius 3 is 2.52 bits per heavy atom. The molecule has 27 heavy (non-hydrogen) atoms. The van der Waals surface area contributed by atoms with E-state index in [4.69, 9.17) is 0 Å². The zero-order chi connectivity index (χ0) is 19.1. The maximum atomic E-state index is 13.4. The quantitative estimate of drug-likeness (QED) is 0.862. The Hall–Kier alpha value is -2.20.